The van der Waals surface area contributed by atoms with Gasteiger partial charge in [-0.1, -0.05) is 48.0 Å². The van der Waals surface area contributed by atoms with E-state index in [9.17, 15) is 13.2 Å². The third kappa shape index (κ3) is 4.14. The zero-order valence-corrected chi connectivity index (χ0v) is 15.6. The monoisotopic (exact) mass is 373 g/mol. The number of rotatable bonds is 7. The predicted octanol–water partition coefficient (Wildman–Crippen LogP) is 3.28. The van der Waals surface area contributed by atoms with Crippen molar-refractivity contribution in [3.63, 3.8) is 0 Å². The average Bonchev–Trinajstić information content (AvgIpc) is 3.01. The summed E-state index contributed by atoms with van der Waals surface area (Å²) in [5.41, 5.74) is 2.04. The molecule has 2 aromatic rings. The van der Waals surface area contributed by atoms with E-state index in [-0.39, 0.29) is 23.3 Å². The van der Waals surface area contributed by atoms with Gasteiger partial charge < -0.3 is 4.74 Å². The Labute approximate surface area is 154 Å². The van der Waals surface area contributed by atoms with Crippen molar-refractivity contribution in [2.24, 2.45) is 0 Å². The Morgan fingerprint density at radius 1 is 1.08 bits per heavy atom. The quantitative estimate of drug-likeness (QED) is 0.699. The molecular weight excluding hydrogens is 350 g/mol. The SMILES string of the molecule is Cc1ccc(S(=O)(=O)N2C(=O)CCC2CCOCc2ccccc2)cc1. The molecule has 0 radical (unpaired) electrons. The van der Waals surface area contributed by atoms with Crippen LogP contribution in [-0.4, -0.2) is 31.3 Å². The van der Waals surface area contributed by atoms with Crippen LogP contribution in [-0.2, 0) is 26.2 Å². The van der Waals surface area contributed by atoms with E-state index in [0.29, 0.717) is 26.1 Å². The Morgan fingerprint density at radius 3 is 2.46 bits per heavy atom. The molecule has 0 bridgehead atoms. The first-order valence-corrected chi connectivity index (χ1v) is 10.2. The fourth-order valence-corrected chi connectivity index (χ4v) is 4.79. The summed E-state index contributed by atoms with van der Waals surface area (Å²) in [7, 11) is -3.81. The Hall–Kier alpha value is -2.18. The van der Waals surface area contributed by atoms with Gasteiger partial charge in [-0.15, -0.1) is 0 Å². The van der Waals surface area contributed by atoms with Gasteiger partial charge in [0, 0.05) is 13.0 Å². The molecule has 1 atom stereocenters. The fraction of sp³-hybridized carbons (Fsp3) is 0.350. The normalized spacial score (nSPS) is 17.7. The van der Waals surface area contributed by atoms with Crippen molar-refractivity contribution in [3.05, 3.63) is 65.7 Å². The van der Waals surface area contributed by atoms with Gasteiger partial charge in [-0.3, -0.25) is 4.79 Å². The van der Waals surface area contributed by atoms with Crippen LogP contribution in [0.5, 0.6) is 0 Å². The Morgan fingerprint density at radius 2 is 1.77 bits per heavy atom. The molecule has 2 aromatic carbocycles. The van der Waals surface area contributed by atoms with Crippen molar-refractivity contribution >= 4 is 15.9 Å². The maximum absolute atomic E-state index is 12.9. The molecule has 1 fully saturated rings. The van der Waals surface area contributed by atoms with Crippen molar-refractivity contribution < 1.29 is 17.9 Å². The molecular formula is C20H23NO4S. The lowest BCUT2D eigenvalue weighted by Gasteiger charge is -2.24. The minimum atomic E-state index is -3.81. The summed E-state index contributed by atoms with van der Waals surface area (Å²) in [6, 6.07) is 16.1. The lowest BCUT2D eigenvalue weighted by atomic mass is 10.2. The average molecular weight is 373 g/mol. The molecule has 1 amide bonds. The number of hydrogen-bond donors (Lipinski definition) is 0. The highest BCUT2D eigenvalue weighted by molar-refractivity contribution is 7.89. The van der Waals surface area contributed by atoms with E-state index in [1.807, 2.05) is 37.3 Å². The highest BCUT2D eigenvalue weighted by atomic mass is 32.2. The molecule has 3 rings (SSSR count). The van der Waals surface area contributed by atoms with Crippen molar-refractivity contribution in [1.29, 1.82) is 0 Å². The van der Waals surface area contributed by atoms with Gasteiger partial charge in [-0.05, 0) is 37.5 Å². The molecule has 0 saturated carbocycles. The molecule has 0 aliphatic carbocycles. The van der Waals surface area contributed by atoms with Crippen molar-refractivity contribution in [1.82, 2.24) is 4.31 Å². The molecule has 0 spiro atoms. The molecule has 5 nitrogen and oxygen atoms in total. The molecule has 1 saturated heterocycles. The molecule has 0 N–H and O–H groups in total. The van der Waals surface area contributed by atoms with Crippen LogP contribution in [0.15, 0.2) is 59.5 Å². The van der Waals surface area contributed by atoms with Crippen LogP contribution in [0.2, 0.25) is 0 Å². The highest BCUT2D eigenvalue weighted by Gasteiger charge is 2.40. The topological polar surface area (TPSA) is 63.7 Å². The molecule has 1 unspecified atom stereocenters. The number of benzene rings is 2. The molecule has 1 aliphatic rings. The number of ether oxygens (including phenoxy) is 1. The van der Waals surface area contributed by atoms with Crippen LogP contribution < -0.4 is 0 Å². The first-order chi connectivity index (χ1) is 12.5. The zero-order chi connectivity index (χ0) is 18.6. The summed E-state index contributed by atoms with van der Waals surface area (Å²) >= 11 is 0. The van der Waals surface area contributed by atoms with Crippen LogP contribution in [0.1, 0.15) is 30.4 Å². The van der Waals surface area contributed by atoms with E-state index in [4.69, 9.17) is 4.74 Å². The van der Waals surface area contributed by atoms with Crippen molar-refractivity contribution in [2.75, 3.05) is 6.61 Å². The number of aryl methyl sites for hydroxylation is 1. The van der Waals surface area contributed by atoms with Crippen molar-refractivity contribution in [2.45, 2.75) is 43.7 Å². The van der Waals surface area contributed by atoms with Crippen LogP contribution in [0.25, 0.3) is 0 Å². The Bertz CT molecular complexity index is 847. The third-order valence-corrected chi connectivity index (χ3v) is 6.44. The van der Waals surface area contributed by atoms with Crippen LogP contribution in [0.4, 0.5) is 0 Å². The van der Waals surface area contributed by atoms with Gasteiger partial charge in [0.1, 0.15) is 0 Å². The van der Waals surface area contributed by atoms with Gasteiger partial charge in [0.05, 0.1) is 17.5 Å². The van der Waals surface area contributed by atoms with E-state index < -0.39 is 10.0 Å². The minimum Gasteiger partial charge on any atom is -0.377 e. The number of amides is 1. The summed E-state index contributed by atoms with van der Waals surface area (Å²) in [6.45, 7) is 2.78. The molecule has 0 aromatic heterocycles. The van der Waals surface area contributed by atoms with Gasteiger partial charge in [0.25, 0.3) is 10.0 Å². The van der Waals surface area contributed by atoms with Gasteiger partial charge in [0.15, 0.2) is 0 Å². The summed E-state index contributed by atoms with van der Waals surface area (Å²) in [5.74, 6) is -0.335. The number of carbonyl (C=O) groups excluding carboxylic acids is 1. The number of hydrogen-bond acceptors (Lipinski definition) is 4. The first kappa shape index (κ1) is 18.6. The van der Waals surface area contributed by atoms with E-state index in [2.05, 4.69) is 0 Å². The van der Waals surface area contributed by atoms with Crippen molar-refractivity contribution in [3.8, 4) is 0 Å². The Kier molecular flexibility index (Phi) is 5.74. The van der Waals surface area contributed by atoms with Crippen LogP contribution >= 0.6 is 0 Å². The van der Waals surface area contributed by atoms with Gasteiger partial charge in [-0.25, -0.2) is 12.7 Å². The second-order valence-electron chi connectivity index (χ2n) is 6.53. The van der Waals surface area contributed by atoms with E-state index in [1.165, 1.54) is 0 Å². The Balaban J connectivity index is 1.64. The predicted molar refractivity (Wildman–Crippen MR) is 98.9 cm³/mol. The lowest BCUT2D eigenvalue weighted by molar-refractivity contribution is -0.124. The van der Waals surface area contributed by atoms with Gasteiger partial charge in [0.2, 0.25) is 5.91 Å². The smallest absolute Gasteiger partial charge is 0.266 e. The largest absolute Gasteiger partial charge is 0.377 e. The number of sulfonamides is 1. The van der Waals surface area contributed by atoms with Gasteiger partial charge in [-0.2, -0.15) is 0 Å². The maximum Gasteiger partial charge on any atom is 0.266 e. The maximum atomic E-state index is 12.9. The molecule has 1 aliphatic heterocycles. The van der Waals surface area contributed by atoms with Gasteiger partial charge >= 0.3 is 0 Å². The van der Waals surface area contributed by atoms with Crippen LogP contribution in [0.3, 0.4) is 0 Å². The number of carbonyl (C=O) groups is 1. The van der Waals surface area contributed by atoms with E-state index >= 15 is 0 Å². The van der Waals surface area contributed by atoms with E-state index in [1.54, 1.807) is 24.3 Å². The van der Waals surface area contributed by atoms with Crippen LogP contribution in [0, 0.1) is 6.92 Å². The number of nitrogens with zero attached hydrogens (tertiary/aromatic N) is 1. The zero-order valence-electron chi connectivity index (χ0n) is 14.8. The lowest BCUT2D eigenvalue weighted by Crippen LogP contribution is -2.39. The third-order valence-electron chi connectivity index (χ3n) is 4.55. The first-order valence-electron chi connectivity index (χ1n) is 8.74. The second kappa shape index (κ2) is 8.01. The highest BCUT2D eigenvalue weighted by Crippen LogP contribution is 2.29. The fourth-order valence-electron chi connectivity index (χ4n) is 3.12. The molecule has 26 heavy (non-hydrogen) atoms. The molecule has 138 valence electrons. The molecule has 1 heterocycles. The summed E-state index contributed by atoms with van der Waals surface area (Å²) in [6.07, 6.45) is 1.30. The standard InChI is InChI=1S/C20H23NO4S/c1-16-7-10-19(11-8-16)26(23,24)21-18(9-12-20(21)22)13-14-25-15-17-5-3-2-4-6-17/h2-8,10-11,18H,9,12-15H2,1H3. The molecule has 6 heteroatoms. The minimum absolute atomic E-state index is 0.161. The summed E-state index contributed by atoms with van der Waals surface area (Å²) < 4.78 is 32.5. The summed E-state index contributed by atoms with van der Waals surface area (Å²) in [5, 5.41) is 0. The van der Waals surface area contributed by atoms with E-state index in [0.717, 1.165) is 15.4 Å². The summed E-state index contributed by atoms with van der Waals surface area (Å²) in [4.78, 5) is 12.4. The second-order valence-corrected chi connectivity index (χ2v) is 8.34.